The van der Waals surface area contributed by atoms with E-state index in [1.54, 1.807) is 0 Å². The lowest BCUT2D eigenvalue weighted by Crippen LogP contribution is -2.75. The highest BCUT2D eigenvalue weighted by Crippen LogP contribution is 2.43. The van der Waals surface area contributed by atoms with Crippen molar-refractivity contribution in [3.63, 3.8) is 0 Å². The maximum absolute atomic E-state index is 14.2. The number of pyridine rings is 1. The van der Waals surface area contributed by atoms with Crippen molar-refractivity contribution < 1.29 is 110 Å². The van der Waals surface area contributed by atoms with E-state index in [1.165, 1.54) is 60.0 Å². The normalized spacial score (nSPS) is 13.4. The first kappa shape index (κ1) is 64.0. The van der Waals surface area contributed by atoms with Gasteiger partial charge in [-0.1, -0.05) is 140 Å². The highest BCUT2D eigenvalue weighted by atomic mass is 19.4. The molecule has 0 amide bonds. The number of benzene rings is 10. The van der Waals surface area contributed by atoms with E-state index >= 15 is 0 Å². The molecule has 0 N–H and O–H groups in total. The first-order valence-electron chi connectivity index (χ1n) is 26.1. The zero-order valence-electron chi connectivity index (χ0n) is 44.8. The summed E-state index contributed by atoms with van der Waals surface area (Å²) in [7, 11) is 0. The third kappa shape index (κ3) is 12.5. The minimum atomic E-state index is -6.13. The van der Waals surface area contributed by atoms with Gasteiger partial charge in [-0.15, -0.1) is 0 Å². The molecule has 0 aliphatic rings. The van der Waals surface area contributed by atoms with Gasteiger partial charge in [0.2, 0.25) is 11.2 Å². The van der Waals surface area contributed by atoms with Gasteiger partial charge in [0.25, 0.3) is 0 Å². The fraction of sp³-hybridized carbons (Fsp3) is 0.141. The van der Waals surface area contributed by atoms with E-state index in [0.29, 0.717) is 0 Å². The van der Waals surface area contributed by atoms with Crippen molar-refractivity contribution in [3.05, 3.63) is 244 Å². The van der Waals surface area contributed by atoms with Crippen molar-refractivity contribution in [1.82, 2.24) is 0 Å². The van der Waals surface area contributed by atoms with E-state index in [4.69, 9.17) is 0 Å². The lowest BCUT2D eigenvalue weighted by molar-refractivity contribution is -0.651. The highest BCUT2D eigenvalue weighted by molar-refractivity contribution is 7.20. The molecular weight excluding hydrogens is 1250 g/mol. The van der Waals surface area contributed by atoms with Gasteiger partial charge >= 0.3 is 49.4 Å². The maximum Gasteiger partial charge on any atom is 0.416 e. The van der Waals surface area contributed by atoms with Crippen LogP contribution >= 0.6 is 0 Å². The molecule has 90 heavy (non-hydrogen) atoms. The topological polar surface area (TPSA) is 3.88 Å². The number of hydrogen-bond acceptors (Lipinski definition) is 0. The van der Waals surface area contributed by atoms with Crippen LogP contribution in [0.4, 0.5) is 105 Å². The van der Waals surface area contributed by atoms with Gasteiger partial charge in [0.05, 0.1) is 50.1 Å². The lowest BCUT2D eigenvalue weighted by Gasteiger charge is -2.46. The van der Waals surface area contributed by atoms with E-state index in [9.17, 15) is 105 Å². The summed E-state index contributed by atoms with van der Waals surface area (Å²) < 4.78 is 343. The number of alkyl halides is 24. The number of nitrogens with zero attached hydrogens (tertiary/aromatic N) is 1. The Bertz CT molecular complexity index is 4060. The fourth-order valence-corrected chi connectivity index (χ4v) is 11.5. The van der Waals surface area contributed by atoms with Crippen molar-refractivity contribution >= 4 is 71.2 Å². The summed E-state index contributed by atoms with van der Waals surface area (Å²) in [5.41, 5.74) is -25.1. The number of rotatable bonds is 7. The fourth-order valence-electron chi connectivity index (χ4n) is 11.5. The van der Waals surface area contributed by atoms with Crippen LogP contribution in [0.25, 0.3) is 54.5 Å². The molecule has 11 aromatic rings. The summed E-state index contributed by atoms with van der Waals surface area (Å²) >= 11 is 0. The Morgan fingerprint density at radius 3 is 0.933 bits per heavy atom. The van der Waals surface area contributed by atoms with Gasteiger partial charge in [-0.05, 0) is 74.8 Å². The number of halogens is 24. The summed E-state index contributed by atoms with van der Waals surface area (Å²) in [5.74, 6) is 0. The van der Waals surface area contributed by atoms with Crippen LogP contribution in [0.1, 0.15) is 50.1 Å². The lowest BCUT2D eigenvalue weighted by atomic mass is 9.12. The van der Waals surface area contributed by atoms with Crippen molar-refractivity contribution in [2.75, 3.05) is 0 Å². The van der Waals surface area contributed by atoms with Gasteiger partial charge in [0.15, 0.2) is 6.54 Å². The van der Waals surface area contributed by atoms with Crippen LogP contribution < -0.4 is 26.4 Å². The standard InChI is InChI=1S/C32H12BF24.C32H22N/c34-25(35,36)13-1-14(26(37,38)39)6-21(5-13)33(22-7-15(27(40,41)42)2-16(8-22)28(43,44)45,23-9-17(29(46,47)48)3-18(10-23)30(49,50)51)24-11-19(31(52,53)54)4-20(12-24)32(55,56)57;1-2-7-22(8-3-1)21-33-29-12-5-4-9-23(29)17-20-30(33)27-18-15-26-14-13-24-10-6-11-25-16-19-28(27)32(26)31(24)25/h1-12H;1-20H,21H2/q-1;+1. The molecule has 10 aromatic carbocycles. The third-order valence-electron chi connectivity index (χ3n) is 15.4. The van der Waals surface area contributed by atoms with Crippen LogP contribution in [-0.2, 0) is 56.0 Å². The summed E-state index contributed by atoms with van der Waals surface area (Å²) in [6, 6.07) is 35.4. The summed E-state index contributed by atoms with van der Waals surface area (Å²) in [6.07, 6.45) is -54.8. The van der Waals surface area contributed by atoms with E-state index in [0.717, 1.165) is 6.54 Å². The first-order chi connectivity index (χ1) is 41.6. The van der Waals surface area contributed by atoms with Crippen LogP contribution in [0.3, 0.4) is 0 Å². The second kappa shape index (κ2) is 22.2. The van der Waals surface area contributed by atoms with Crippen molar-refractivity contribution in [2.45, 2.75) is 56.0 Å². The van der Waals surface area contributed by atoms with E-state index in [-0.39, 0.29) is 0 Å². The third-order valence-corrected chi connectivity index (χ3v) is 15.4. The van der Waals surface area contributed by atoms with Gasteiger partial charge < -0.3 is 0 Å². The molecule has 0 aliphatic heterocycles. The van der Waals surface area contributed by atoms with Crippen molar-refractivity contribution in [3.8, 4) is 11.3 Å². The molecular formula is C64H34BF24N. The predicted octanol–water partition coefficient (Wildman–Crippen LogP) is 19.0. The Hall–Kier alpha value is -8.97. The Morgan fingerprint density at radius 2 is 0.567 bits per heavy atom. The van der Waals surface area contributed by atoms with Crippen LogP contribution in [0.2, 0.25) is 0 Å². The molecule has 0 radical (unpaired) electrons. The molecule has 26 heteroatoms. The molecule has 0 saturated heterocycles. The summed E-state index contributed by atoms with van der Waals surface area (Å²) in [5, 5.41) is 9.21. The molecule has 0 bridgehead atoms. The van der Waals surface area contributed by atoms with Crippen molar-refractivity contribution in [1.29, 1.82) is 0 Å². The van der Waals surface area contributed by atoms with Crippen LogP contribution in [0, 0.1) is 0 Å². The number of para-hydroxylation sites is 1. The Labute approximate surface area is 491 Å². The second-order valence-electron chi connectivity index (χ2n) is 21.0. The minimum Gasteiger partial charge on any atom is -0.194 e. The van der Waals surface area contributed by atoms with E-state index < -0.39 is 195 Å². The largest absolute Gasteiger partial charge is 0.416 e. The molecule has 0 spiro atoms. The molecule has 1 nitrogen and oxygen atoms in total. The molecule has 0 fully saturated rings. The predicted molar refractivity (Wildman–Crippen MR) is 289 cm³/mol. The summed E-state index contributed by atoms with van der Waals surface area (Å²) in [4.78, 5) is 0. The van der Waals surface area contributed by atoms with Gasteiger partial charge in [-0.2, -0.15) is 132 Å². The van der Waals surface area contributed by atoms with Gasteiger partial charge in [0.1, 0.15) is 6.15 Å². The van der Waals surface area contributed by atoms with E-state index in [2.05, 4.69) is 126 Å². The summed E-state index contributed by atoms with van der Waals surface area (Å²) in [6.45, 7) is 0.833. The van der Waals surface area contributed by atoms with Crippen LogP contribution in [-0.4, -0.2) is 6.15 Å². The molecule has 1 aromatic heterocycles. The van der Waals surface area contributed by atoms with E-state index in [1.807, 2.05) is 0 Å². The number of aromatic nitrogens is 1. The molecule has 1 heterocycles. The van der Waals surface area contributed by atoms with Gasteiger partial charge in [0, 0.05) is 23.1 Å². The zero-order chi connectivity index (χ0) is 65.7. The maximum atomic E-state index is 14.2. The smallest absolute Gasteiger partial charge is 0.194 e. The molecule has 0 atom stereocenters. The first-order valence-corrected chi connectivity index (χ1v) is 26.1. The minimum absolute atomic E-state index is 0.691. The zero-order valence-corrected chi connectivity index (χ0v) is 44.8. The molecule has 466 valence electrons. The molecule has 0 unspecified atom stereocenters. The quantitative estimate of drug-likeness (QED) is 0.0648. The second-order valence-corrected chi connectivity index (χ2v) is 21.0. The molecule has 0 saturated carbocycles. The molecule has 0 aliphatic carbocycles. The average Bonchev–Trinajstić information content (AvgIpc) is 0.764. The monoisotopic (exact) mass is 1280 g/mol. The number of fused-ring (bicyclic) bond motifs is 1. The van der Waals surface area contributed by atoms with Crippen LogP contribution in [0.5, 0.6) is 0 Å². The van der Waals surface area contributed by atoms with Gasteiger partial charge in [-0.3, -0.25) is 0 Å². The SMILES string of the molecule is FC(F)(F)c1cc([B-](c2cc(C(F)(F)F)cc(C(F)(F)F)c2)(c2cc(C(F)(F)F)cc(C(F)(F)F)c2)c2cc(C(F)(F)F)cc(C(F)(F)F)c2)cc(C(F)(F)F)c1.c1ccc(C[n+]2c(-c3ccc4ccc5cccc6ccc3c4c56)ccc3ccccc32)cc1. The Morgan fingerprint density at radius 1 is 0.267 bits per heavy atom. The van der Waals surface area contributed by atoms with Crippen molar-refractivity contribution in [2.24, 2.45) is 0 Å². The molecule has 11 rings (SSSR count). The van der Waals surface area contributed by atoms with Crippen LogP contribution in [0.15, 0.2) is 194 Å². The Kier molecular flexibility index (Phi) is 15.8. The highest BCUT2D eigenvalue weighted by Gasteiger charge is 2.47. The Balaban J connectivity index is 0.000000225. The number of hydrogen-bond donors (Lipinski definition) is 0. The van der Waals surface area contributed by atoms with Gasteiger partial charge in [-0.25, -0.2) is 0 Å². The average molecular weight is 1280 g/mol.